The number of nitrogens with zero attached hydrogens (tertiary/aromatic N) is 3. The van der Waals surface area contributed by atoms with Crippen molar-refractivity contribution in [3.05, 3.63) is 41.4 Å². The zero-order valence-corrected chi connectivity index (χ0v) is 19.8. The number of pyridine rings is 1. The maximum absolute atomic E-state index is 6.61. The fourth-order valence-corrected chi connectivity index (χ4v) is 5.40. The summed E-state index contributed by atoms with van der Waals surface area (Å²) in [5, 5.41) is 0.536. The minimum absolute atomic E-state index is 0.0939. The highest BCUT2D eigenvalue weighted by Gasteiger charge is 2.58. The lowest BCUT2D eigenvalue weighted by Gasteiger charge is -2.53. The molecule has 1 aliphatic carbocycles. The molecule has 0 radical (unpaired) electrons. The highest BCUT2D eigenvalue weighted by Crippen LogP contribution is 2.56. The molecule has 2 atom stereocenters. The molecule has 2 aromatic heterocycles. The Morgan fingerprint density at radius 3 is 2.26 bits per heavy atom. The molecule has 2 fully saturated rings. The van der Waals surface area contributed by atoms with Gasteiger partial charge in [0.2, 0.25) is 5.95 Å². The first-order chi connectivity index (χ1) is 14.6. The molecule has 1 saturated carbocycles. The normalized spacial score (nSPS) is 25.5. The topological polar surface area (TPSA) is 83.2 Å². The largest absolute Gasteiger partial charge is 0.498 e. The fraction of sp³-hybridized carbons (Fsp3) is 0.609. The molecule has 8 heteroatoms. The molecule has 0 spiro atoms. The van der Waals surface area contributed by atoms with E-state index in [1.807, 2.05) is 12.3 Å². The van der Waals surface area contributed by atoms with Crippen molar-refractivity contribution in [3.63, 3.8) is 0 Å². The Balaban J connectivity index is 1.64. The van der Waals surface area contributed by atoms with Crippen LogP contribution in [0.2, 0.25) is 5.15 Å². The van der Waals surface area contributed by atoms with E-state index in [4.69, 9.17) is 26.6 Å². The van der Waals surface area contributed by atoms with Crippen molar-refractivity contribution in [2.45, 2.75) is 76.9 Å². The van der Waals surface area contributed by atoms with Gasteiger partial charge in [-0.3, -0.25) is 0 Å². The standard InChI is InChI=1S/C23H32BClN4O2/c1-15(2)18(23(9-6-10-23)16-7-8-19(25)27-12-16)11-22(5)21(3,4)30-24(31-22)17-13-28-20(26)29-14-17/h7-8,12-15,18H,6,9-11H2,1-5H3,(H2,26,28,29). The molecule has 1 saturated heterocycles. The number of hydrogen-bond acceptors (Lipinski definition) is 6. The lowest BCUT2D eigenvalue weighted by Crippen LogP contribution is -2.52. The quantitative estimate of drug-likeness (QED) is 0.534. The lowest BCUT2D eigenvalue weighted by molar-refractivity contribution is -0.0522. The van der Waals surface area contributed by atoms with Gasteiger partial charge in [-0.05, 0) is 68.9 Å². The van der Waals surface area contributed by atoms with Crippen molar-refractivity contribution in [2.75, 3.05) is 5.73 Å². The average Bonchev–Trinajstić information content (AvgIpc) is 2.91. The molecule has 2 aromatic rings. The Hall–Kier alpha value is -1.70. The summed E-state index contributed by atoms with van der Waals surface area (Å²) in [5.41, 5.74) is 6.86. The molecule has 166 valence electrons. The van der Waals surface area contributed by atoms with Crippen molar-refractivity contribution in [3.8, 4) is 0 Å². The maximum atomic E-state index is 6.61. The van der Waals surface area contributed by atoms with E-state index in [-0.39, 0.29) is 11.4 Å². The molecule has 4 rings (SSSR count). The minimum Gasteiger partial charge on any atom is -0.399 e. The summed E-state index contributed by atoms with van der Waals surface area (Å²) >= 11 is 6.08. The molecule has 0 amide bonds. The summed E-state index contributed by atoms with van der Waals surface area (Å²) < 4.78 is 13.0. The molecular weight excluding hydrogens is 411 g/mol. The maximum Gasteiger partial charge on any atom is 0.498 e. The van der Waals surface area contributed by atoms with Crippen molar-refractivity contribution < 1.29 is 9.31 Å². The summed E-state index contributed by atoms with van der Waals surface area (Å²) in [7, 11) is -0.511. The van der Waals surface area contributed by atoms with Gasteiger partial charge in [-0.1, -0.05) is 37.9 Å². The number of halogens is 1. The minimum atomic E-state index is -0.511. The molecule has 2 unspecified atom stereocenters. The molecule has 6 nitrogen and oxygen atoms in total. The van der Waals surface area contributed by atoms with Gasteiger partial charge in [0.25, 0.3) is 0 Å². The van der Waals surface area contributed by atoms with Gasteiger partial charge in [-0.25, -0.2) is 15.0 Å². The van der Waals surface area contributed by atoms with E-state index in [2.05, 4.69) is 55.6 Å². The van der Waals surface area contributed by atoms with E-state index in [9.17, 15) is 0 Å². The molecule has 3 heterocycles. The summed E-state index contributed by atoms with van der Waals surface area (Å²) in [5.74, 6) is 1.14. The number of nitrogens with two attached hydrogens (primary N) is 1. The van der Waals surface area contributed by atoms with Crippen LogP contribution >= 0.6 is 11.6 Å². The van der Waals surface area contributed by atoms with Crippen LogP contribution in [0.3, 0.4) is 0 Å². The Labute approximate surface area is 190 Å². The van der Waals surface area contributed by atoms with Crippen molar-refractivity contribution in [2.24, 2.45) is 11.8 Å². The SMILES string of the molecule is CC(C)C(CC1(C)OB(c2cnc(N)nc2)OC1(C)C)C1(c2ccc(Cl)nc2)CCC1. The van der Waals surface area contributed by atoms with Gasteiger partial charge in [0, 0.05) is 24.1 Å². The second kappa shape index (κ2) is 8.02. The third kappa shape index (κ3) is 3.96. The van der Waals surface area contributed by atoms with Gasteiger partial charge in [0.05, 0.1) is 11.2 Å². The van der Waals surface area contributed by atoms with Gasteiger partial charge in [-0.2, -0.15) is 0 Å². The van der Waals surface area contributed by atoms with Crippen LogP contribution in [-0.2, 0) is 14.7 Å². The molecule has 0 bridgehead atoms. The van der Waals surface area contributed by atoms with E-state index < -0.39 is 18.3 Å². The summed E-state index contributed by atoms with van der Waals surface area (Å²) in [6.45, 7) is 11.0. The number of rotatable bonds is 6. The van der Waals surface area contributed by atoms with Crippen molar-refractivity contribution in [1.29, 1.82) is 0 Å². The van der Waals surface area contributed by atoms with Gasteiger partial charge in [0.1, 0.15) is 5.15 Å². The Kier molecular flexibility index (Phi) is 5.82. The van der Waals surface area contributed by atoms with E-state index in [0.717, 1.165) is 24.7 Å². The van der Waals surface area contributed by atoms with Crippen LogP contribution in [0.25, 0.3) is 0 Å². The van der Waals surface area contributed by atoms with E-state index in [1.54, 1.807) is 12.4 Å². The molecule has 1 aliphatic heterocycles. The van der Waals surface area contributed by atoms with Gasteiger partial charge >= 0.3 is 7.12 Å². The predicted octanol–water partition coefficient (Wildman–Crippen LogP) is 4.17. The molecule has 2 aliphatic rings. The van der Waals surface area contributed by atoms with Crippen LogP contribution in [0.4, 0.5) is 5.95 Å². The van der Waals surface area contributed by atoms with Crippen LogP contribution in [-0.4, -0.2) is 33.3 Å². The number of anilines is 1. The summed E-state index contributed by atoms with van der Waals surface area (Å²) in [6.07, 6.45) is 9.76. The lowest BCUT2D eigenvalue weighted by atomic mass is 9.53. The number of hydrogen-bond donors (Lipinski definition) is 1. The fourth-order valence-electron chi connectivity index (χ4n) is 5.28. The third-order valence-corrected chi connectivity index (χ3v) is 7.90. The van der Waals surface area contributed by atoms with E-state index in [0.29, 0.717) is 17.0 Å². The molecule has 31 heavy (non-hydrogen) atoms. The van der Waals surface area contributed by atoms with Crippen LogP contribution in [0.15, 0.2) is 30.7 Å². The van der Waals surface area contributed by atoms with Crippen LogP contribution < -0.4 is 11.2 Å². The van der Waals surface area contributed by atoms with Crippen LogP contribution in [0, 0.1) is 11.8 Å². The van der Waals surface area contributed by atoms with Gasteiger partial charge in [-0.15, -0.1) is 0 Å². The highest BCUT2D eigenvalue weighted by atomic mass is 35.5. The molecular formula is C23H32BClN4O2. The molecule has 0 aromatic carbocycles. The zero-order valence-electron chi connectivity index (χ0n) is 19.1. The van der Waals surface area contributed by atoms with Crippen LogP contribution in [0.5, 0.6) is 0 Å². The van der Waals surface area contributed by atoms with Crippen LogP contribution in [0.1, 0.15) is 65.9 Å². The summed E-state index contributed by atoms with van der Waals surface area (Å²) in [6, 6.07) is 4.06. The predicted molar refractivity (Wildman–Crippen MR) is 124 cm³/mol. The Morgan fingerprint density at radius 1 is 1.06 bits per heavy atom. The second-order valence-corrected chi connectivity index (χ2v) is 10.5. The summed E-state index contributed by atoms with van der Waals surface area (Å²) in [4.78, 5) is 12.6. The molecule has 2 N–H and O–H groups in total. The number of aromatic nitrogens is 3. The van der Waals surface area contributed by atoms with Gasteiger partial charge in [0.15, 0.2) is 0 Å². The average molecular weight is 443 g/mol. The highest BCUT2D eigenvalue weighted by molar-refractivity contribution is 6.61. The Morgan fingerprint density at radius 2 is 1.74 bits per heavy atom. The van der Waals surface area contributed by atoms with Crippen molar-refractivity contribution in [1.82, 2.24) is 15.0 Å². The number of nitrogen functional groups attached to an aromatic ring is 1. The third-order valence-electron chi connectivity index (χ3n) is 7.68. The van der Waals surface area contributed by atoms with E-state index >= 15 is 0 Å². The first-order valence-electron chi connectivity index (χ1n) is 11.1. The zero-order chi connectivity index (χ0) is 22.4. The first-order valence-corrected chi connectivity index (χ1v) is 11.5. The second-order valence-electron chi connectivity index (χ2n) is 10.1. The Bertz CT molecular complexity index is 918. The first kappa shape index (κ1) is 22.5. The van der Waals surface area contributed by atoms with Crippen molar-refractivity contribution >= 4 is 30.1 Å². The smallest absolute Gasteiger partial charge is 0.399 e. The van der Waals surface area contributed by atoms with E-state index in [1.165, 1.54) is 12.0 Å². The monoisotopic (exact) mass is 442 g/mol. The van der Waals surface area contributed by atoms with Gasteiger partial charge < -0.3 is 15.0 Å².